The second-order valence-corrected chi connectivity index (χ2v) is 9.22. The zero-order valence-corrected chi connectivity index (χ0v) is 19.5. The molecule has 0 radical (unpaired) electrons. The molecule has 3 N–H and O–H groups in total. The first-order chi connectivity index (χ1) is 16.5. The van der Waals surface area contributed by atoms with Crippen LogP contribution in [0.3, 0.4) is 0 Å². The number of alkyl carbamates (subject to hydrolysis) is 1. The maximum absolute atomic E-state index is 12.6. The number of ether oxygens (including phenoxy) is 1. The Balaban J connectivity index is 1.31. The molecule has 2 aliphatic carbocycles. The van der Waals surface area contributed by atoms with Gasteiger partial charge in [-0.2, -0.15) is 0 Å². The van der Waals surface area contributed by atoms with Gasteiger partial charge in [0.25, 0.3) is 0 Å². The Morgan fingerprint density at radius 1 is 1.03 bits per heavy atom. The van der Waals surface area contributed by atoms with Gasteiger partial charge in [0.05, 0.1) is 0 Å². The standard InChI is InChI=1S/C27H32N2O5/c1-2-8-24(26(31)32)29-25(30)17-9-7-10-18(15-17)28-27(33)34-16-23-21-13-5-3-11-19(21)20-12-4-6-14-22(20)23/h3-6,11-14,17-18,23-24H,2,7-10,15-16H2,1H3,(H,28,33)(H,29,30)(H,31,32)/t17-,18+,24-/m0/s1. The predicted molar refractivity (Wildman–Crippen MR) is 128 cm³/mol. The molecule has 180 valence electrons. The minimum Gasteiger partial charge on any atom is -0.480 e. The molecule has 4 rings (SSSR count). The monoisotopic (exact) mass is 464 g/mol. The number of carbonyl (C=O) groups excluding carboxylic acids is 2. The third-order valence-corrected chi connectivity index (χ3v) is 6.90. The second kappa shape index (κ2) is 10.7. The average molecular weight is 465 g/mol. The molecule has 7 nitrogen and oxygen atoms in total. The molecule has 0 saturated heterocycles. The lowest BCUT2D eigenvalue weighted by molar-refractivity contribution is -0.142. The van der Waals surface area contributed by atoms with E-state index in [-0.39, 0.29) is 30.4 Å². The number of hydrogen-bond donors (Lipinski definition) is 3. The predicted octanol–water partition coefficient (Wildman–Crippen LogP) is 4.45. The van der Waals surface area contributed by atoms with E-state index in [2.05, 4.69) is 34.9 Å². The van der Waals surface area contributed by atoms with E-state index in [4.69, 9.17) is 4.74 Å². The number of benzene rings is 2. The van der Waals surface area contributed by atoms with E-state index in [1.54, 1.807) is 0 Å². The number of rotatable bonds is 8. The summed E-state index contributed by atoms with van der Waals surface area (Å²) >= 11 is 0. The van der Waals surface area contributed by atoms with Crippen LogP contribution in [0.4, 0.5) is 4.79 Å². The molecule has 0 unspecified atom stereocenters. The number of carboxylic acids is 1. The minimum absolute atomic E-state index is 0.00505. The molecule has 0 bridgehead atoms. The van der Waals surface area contributed by atoms with E-state index in [0.717, 1.165) is 24.0 Å². The molecule has 2 aromatic rings. The Morgan fingerprint density at radius 2 is 1.68 bits per heavy atom. The number of carboxylic acid groups (broad SMARTS) is 1. The van der Waals surface area contributed by atoms with E-state index in [1.807, 2.05) is 31.2 Å². The van der Waals surface area contributed by atoms with Gasteiger partial charge in [0.2, 0.25) is 5.91 Å². The SMILES string of the molecule is CCC[C@H](NC(=O)[C@H]1CCC[C@@H](NC(=O)OCC2c3ccccc3-c3ccccc32)C1)C(=O)O. The maximum Gasteiger partial charge on any atom is 0.407 e. The molecule has 7 heteroatoms. The lowest BCUT2D eigenvalue weighted by Gasteiger charge is -2.29. The summed E-state index contributed by atoms with van der Waals surface area (Å²) in [5.74, 6) is -1.58. The van der Waals surface area contributed by atoms with E-state index in [9.17, 15) is 19.5 Å². The van der Waals surface area contributed by atoms with Gasteiger partial charge in [-0.3, -0.25) is 4.79 Å². The van der Waals surface area contributed by atoms with Crippen molar-refractivity contribution in [3.63, 3.8) is 0 Å². The van der Waals surface area contributed by atoms with E-state index < -0.39 is 18.1 Å². The Kier molecular flexibility index (Phi) is 7.50. The quantitative estimate of drug-likeness (QED) is 0.535. The van der Waals surface area contributed by atoms with Crippen molar-refractivity contribution in [3.05, 3.63) is 59.7 Å². The molecule has 0 heterocycles. The molecule has 2 aromatic carbocycles. The summed E-state index contributed by atoms with van der Waals surface area (Å²) in [6.45, 7) is 2.13. The van der Waals surface area contributed by atoms with Crippen LogP contribution in [-0.4, -0.2) is 41.8 Å². The lowest BCUT2D eigenvalue weighted by atomic mass is 9.85. The van der Waals surface area contributed by atoms with Crippen molar-refractivity contribution >= 4 is 18.0 Å². The number of aliphatic carboxylic acids is 1. The topological polar surface area (TPSA) is 105 Å². The van der Waals surface area contributed by atoms with Crippen LogP contribution in [0.1, 0.15) is 62.5 Å². The Labute approximate surface area is 199 Å². The van der Waals surface area contributed by atoms with Crippen LogP contribution >= 0.6 is 0 Å². The zero-order chi connectivity index (χ0) is 24.1. The smallest absolute Gasteiger partial charge is 0.407 e. The molecule has 1 fully saturated rings. The minimum atomic E-state index is -1.01. The van der Waals surface area contributed by atoms with Gasteiger partial charge in [-0.25, -0.2) is 9.59 Å². The molecule has 34 heavy (non-hydrogen) atoms. The third-order valence-electron chi connectivity index (χ3n) is 6.90. The van der Waals surface area contributed by atoms with Gasteiger partial charge in [-0.1, -0.05) is 68.3 Å². The number of carbonyl (C=O) groups is 3. The highest BCUT2D eigenvalue weighted by atomic mass is 16.5. The van der Waals surface area contributed by atoms with Gasteiger partial charge >= 0.3 is 12.1 Å². The maximum atomic E-state index is 12.6. The summed E-state index contributed by atoms with van der Waals surface area (Å²) in [5.41, 5.74) is 4.67. The van der Waals surface area contributed by atoms with Crippen molar-refractivity contribution in [1.82, 2.24) is 10.6 Å². The van der Waals surface area contributed by atoms with Crippen LogP contribution in [0, 0.1) is 5.92 Å². The second-order valence-electron chi connectivity index (χ2n) is 9.22. The largest absolute Gasteiger partial charge is 0.480 e. The van der Waals surface area contributed by atoms with Crippen molar-refractivity contribution in [1.29, 1.82) is 0 Å². The van der Waals surface area contributed by atoms with Gasteiger partial charge in [0.1, 0.15) is 12.6 Å². The Morgan fingerprint density at radius 3 is 2.29 bits per heavy atom. The highest BCUT2D eigenvalue weighted by Gasteiger charge is 2.32. The highest BCUT2D eigenvalue weighted by Crippen LogP contribution is 2.44. The van der Waals surface area contributed by atoms with Crippen LogP contribution in [0.25, 0.3) is 11.1 Å². The lowest BCUT2D eigenvalue weighted by Crippen LogP contribution is -2.47. The summed E-state index contributed by atoms with van der Waals surface area (Å²) in [5, 5.41) is 14.9. The molecule has 3 atom stereocenters. The van der Waals surface area contributed by atoms with Gasteiger partial charge in [0, 0.05) is 17.9 Å². The molecule has 2 aliphatic rings. The van der Waals surface area contributed by atoms with Crippen molar-refractivity contribution in [3.8, 4) is 11.1 Å². The molecular formula is C27H32N2O5. The fourth-order valence-corrected chi connectivity index (χ4v) is 5.20. The summed E-state index contributed by atoms with van der Waals surface area (Å²) in [7, 11) is 0. The average Bonchev–Trinajstić information content (AvgIpc) is 3.16. The van der Waals surface area contributed by atoms with Gasteiger partial charge < -0.3 is 20.5 Å². The van der Waals surface area contributed by atoms with Crippen LogP contribution in [-0.2, 0) is 14.3 Å². The first-order valence-electron chi connectivity index (χ1n) is 12.1. The highest BCUT2D eigenvalue weighted by molar-refractivity contribution is 5.85. The Bertz CT molecular complexity index is 1010. The number of nitrogens with one attached hydrogen (secondary N) is 2. The van der Waals surface area contributed by atoms with Crippen molar-refractivity contribution in [2.75, 3.05) is 6.61 Å². The van der Waals surface area contributed by atoms with Crippen molar-refractivity contribution < 1.29 is 24.2 Å². The van der Waals surface area contributed by atoms with E-state index in [0.29, 0.717) is 25.7 Å². The summed E-state index contributed by atoms with van der Waals surface area (Å²) in [4.78, 5) is 36.6. The summed E-state index contributed by atoms with van der Waals surface area (Å²) in [6.07, 6.45) is 3.32. The first kappa shape index (κ1) is 23.8. The van der Waals surface area contributed by atoms with Gasteiger partial charge in [-0.05, 0) is 47.9 Å². The number of fused-ring (bicyclic) bond motifs is 3. The van der Waals surface area contributed by atoms with Crippen molar-refractivity contribution in [2.24, 2.45) is 5.92 Å². The normalized spacial score (nSPS) is 20.0. The molecule has 0 aliphatic heterocycles. The molecule has 0 aromatic heterocycles. The van der Waals surface area contributed by atoms with E-state index in [1.165, 1.54) is 11.1 Å². The van der Waals surface area contributed by atoms with Crippen LogP contribution < -0.4 is 10.6 Å². The van der Waals surface area contributed by atoms with Crippen molar-refractivity contribution in [2.45, 2.75) is 63.5 Å². The van der Waals surface area contributed by atoms with Crippen LogP contribution in [0.2, 0.25) is 0 Å². The molecular weight excluding hydrogens is 432 g/mol. The van der Waals surface area contributed by atoms with Gasteiger partial charge in [-0.15, -0.1) is 0 Å². The van der Waals surface area contributed by atoms with E-state index >= 15 is 0 Å². The molecule has 1 saturated carbocycles. The molecule has 0 spiro atoms. The fraction of sp³-hybridized carbons (Fsp3) is 0.444. The summed E-state index contributed by atoms with van der Waals surface area (Å²) in [6, 6.07) is 15.3. The van der Waals surface area contributed by atoms with Crippen LogP contribution in [0.5, 0.6) is 0 Å². The van der Waals surface area contributed by atoms with Crippen LogP contribution in [0.15, 0.2) is 48.5 Å². The Hall–Kier alpha value is -3.35. The van der Waals surface area contributed by atoms with Gasteiger partial charge in [0.15, 0.2) is 0 Å². The fourth-order valence-electron chi connectivity index (χ4n) is 5.20. The third kappa shape index (κ3) is 5.24. The summed E-state index contributed by atoms with van der Waals surface area (Å²) < 4.78 is 5.64. The first-order valence-corrected chi connectivity index (χ1v) is 12.1. The number of amides is 2. The zero-order valence-electron chi connectivity index (χ0n) is 19.5. The number of hydrogen-bond acceptors (Lipinski definition) is 4. The molecule has 2 amide bonds.